The largest absolute Gasteiger partial charge is 0.495 e. The molecule has 0 radical (unpaired) electrons. The second-order valence-corrected chi connectivity index (χ2v) is 7.61. The topological polar surface area (TPSA) is 20.6 Å². The Hall–Kier alpha value is -2.18. The number of benzene rings is 2. The number of piperazine rings is 1. The third-order valence-corrected chi connectivity index (χ3v) is 5.80. The number of ether oxygens (including phenoxy) is 1. The van der Waals surface area contributed by atoms with Gasteiger partial charge in [0.2, 0.25) is 0 Å². The van der Waals surface area contributed by atoms with Crippen molar-refractivity contribution in [1.29, 1.82) is 0 Å². The Bertz CT molecular complexity index is 919. The van der Waals surface area contributed by atoms with Crippen molar-refractivity contribution < 1.29 is 9.13 Å². The van der Waals surface area contributed by atoms with E-state index in [-0.39, 0.29) is 5.82 Å². The lowest BCUT2D eigenvalue weighted by Crippen LogP contribution is -2.44. The second-order valence-electron chi connectivity index (χ2n) is 6.56. The quantitative estimate of drug-likeness (QED) is 0.688. The Morgan fingerprint density at radius 1 is 1.00 bits per heavy atom. The van der Waals surface area contributed by atoms with Crippen molar-refractivity contribution >= 4 is 28.5 Å². The van der Waals surface area contributed by atoms with Crippen LogP contribution in [0.5, 0.6) is 5.75 Å². The van der Waals surface area contributed by atoms with E-state index in [2.05, 4.69) is 22.9 Å². The van der Waals surface area contributed by atoms with Gasteiger partial charge in [0.25, 0.3) is 0 Å². The molecule has 136 valence electrons. The molecule has 3 aromatic rings. The molecule has 1 saturated heterocycles. The van der Waals surface area contributed by atoms with Crippen molar-refractivity contribution in [3.8, 4) is 5.75 Å². The Labute approximate surface area is 157 Å². The summed E-state index contributed by atoms with van der Waals surface area (Å²) in [6.45, 7) is 4.06. The third-order valence-electron chi connectivity index (χ3n) is 4.82. The summed E-state index contributed by atoms with van der Waals surface area (Å²) in [5.74, 6) is 0.674. The van der Waals surface area contributed by atoms with Crippen LogP contribution >= 0.6 is 11.9 Å². The first-order valence-electron chi connectivity index (χ1n) is 8.70. The minimum absolute atomic E-state index is 0.217. The maximum Gasteiger partial charge on any atom is 0.142 e. The van der Waals surface area contributed by atoms with Crippen LogP contribution in [-0.4, -0.2) is 49.2 Å². The maximum atomic E-state index is 13.6. The summed E-state index contributed by atoms with van der Waals surface area (Å²) in [5.41, 5.74) is 2.00. The van der Waals surface area contributed by atoms with Gasteiger partial charge in [-0.1, -0.05) is 0 Å². The predicted octanol–water partition coefficient (Wildman–Crippen LogP) is 4.10. The van der Waals surface area contributed by atoms with Crippen LogP contribution in [0.25, 0.3) is 10.9 Å². The first kappa shape index (κ1) is 17.2. The summed E-state index contributed by atoms with van der Waals surface area (Å²) in [6, 6.07) is 13.1. The van der Waals surface area contributed by atoms with Gasteiger partial charge in [-0.2, -0.15) is 0 Å². The number of likely N-dealkylation sites (N-methyl/N-ethyl adjacent to an activating group) is 1. The van der Waals surface area contributed by atoms with Gasteiger partial charge in [-0.25, -0.2) is 4.39 Å². The molecule has 1 aromatic heterocycles. The van der Waals surface area contributed by atoms with Crippen LogP contribution in [0.2, 0.25) is 0 Å². The van der Waals surface area contributed by atoms with E-state index in [1.807, 2.05) is 34.4 Å². The summed E-state index contributed by atoms with van der Waals surface area (Å²) < 4.78 is 21.2. The second kappa shape index (κ2) is 7.21. The predicted molar refractivity (Wildman–Crippen MR) is 106 cm³/mol. The zero-order valence-corrected chi connectivity index (χ0v) is 15.8. The van der Waals surface area contributed by atoms with Crippen molar-refractivity contribution in [1.82, 2.24) is 8.87 Å². The van der Waals surface area contributed by atoms with Crippen molar-refractivity contribution in [2.24, 2.45) is 0 Å². The molecular formula is C20H22FN3OS. The molecule has 2 aromatic carbocycles. The number of nitrogens with zero attached hydrogens (tertiary/aromatic N) is 3. The number of aromatic nitrogens is 1. The molecule has 1 aliphatic heterocycles. The highest BCUT2D eigenvalue weighted by molar-refractivity contribution is 7.98. The SMILES string of the molecule is COc1ccc(Sn2ccc3ccc(F)cc32)cc1N1CCN(C)CC1. The number of halogens is 1. The number of anilines is 1. The Morgan fingerprint density at radius 2 is 1.81 bits per heavy atom. The maximum absolute atomic E-state index is 13.6. The average Bonchev–Trinajstić information content (AvgIpc) is 3.04. The van der Waals surface area contributed by atoms with E-state index < -0.39 is 0 Å². The van der Waals surface area contributed by atoms with E-state index in [0.29, 0.717) is 0 Å². The van der Waals surface area contributed by atoms with E-state index in [4.69, 9.17) is 4.74 Å². The monoisotopic (exact) mass is 371 g/mol. The molecule has 0 amide bonds. The number of hydrogen-bond acceptors (Lipinski definition) is 4. The number of rotatable bonds is 4. The molecule has 26 heavy (non-hydrogen) atoms. The van der Waals surface area contributed by atoms with Crippen molar-refractivity contribution in [3.63, 3.8) is 0 Å². The summed E-state index contributed by atoms with van der Waals surface area (Å²) in [6.07, 6.45) is 1.98. The highest BCUT2D eigenvalue weighted by atomic mass is 32.2. The highest BCUT2D eigenvalue weighted by Crippen LogP contribution is 2.35. The molecule has 6 heteroatoms. The van der Waals surface area contributed by atoms with E-state index in [1.165, 1.54) is 6.07 Å². The zero-order chi connectivity index (χ0) is 18.1. The zero-order valence-electron chi connectivity index (χ0n) is 15.0. The summed E-state index contributed by atoms with van der Waals surface area (Å²) in [7, 11) is 3.86. The van der Waals surface area contributed by atoms with Gasteiger partial charge in [0.15, 0.2) is 0 Å². The van der Waals surface area contributed by atoms with E-state index in [9.17, 15) is 4.39 Å². The van der Waals surface area contributed by atoms with E-state index in [0.717, 1.165) is 53.4 Å². The van der Waals surface area contributed by atoms with Crippen LogP contribution < -0.4 is 9.64 Å². The minimum atomic E-state index is -0.217. The first-order chi connectivity index (χ1) is 12.6. The number of methoxy groups -OCH3 is 1. The van der Waals surface area contributed by atoms with Gasteiger partial charge in [0.05, 0.1) is 18.3 Å². The van der Waals surface area contributed by atoms with Gasteiger partial charge in [-0.3, -0.25) is 3.97 Å². The van der Waals surface area contributed by atoms with Crippen LogP contribution in [0, 0.1) is 5.82 Å². The summed E-state index contributed by atoms with van der Waals surface area (Å²) in [5, 5.41) is 1.03. The van der Waals surface area contributed by atoms with Crippen molar-refractivity contribution in [2.45, 2.75) is 4.90 Å². The molecule has 0 aliphatic carbocycles. The lowest BCUT2D eigenvalue weighted by atomic mass is 10.2. The molecule has 0 saturated carbocycles. The van der Waals surface area contributed by atoms with Crippen LogP contribution in [-0.2, 0) is 0 Å². The molecule has 0 unspecified atom stereocenters. The highest BCUT2D eigenvalue weighted by Gasteiger charge is 2.18. The normalized spacial score (nSPS) is 15.6. The van der Waals surface area contributed by atoms with E-state index >= 15 is 0 Å². The fourth-order valence-electron chi connectivity index (χ4n) is 3.29. The summed E-state index contributed by atoms with van der Waals surface area (Å²) >= 11 is 1.59. The van der Waals surface area contributed by atoms with Crippen molar-refractivity contribution in [3.05, 3.63) is 54.5 Å². The molecule has 2 heterocycles. The standard InChI is InChI=1S/C20H22FN3OS/c1-22-9-11-23(12-10-22)19-14-17(5-6-20(19)25-2)26-24-8-7-15-3-4-16(21)13-18(15)24/h3-8,13-14H,9-12H2,1-2H3. The van der Waals surface area contributed by atoms with Gasteiger partial charge < -0.3 is 14.5 Å². The third kappa shape index (κ3) is 3.39. The fourth-order valence-corrected chi connectivity index (χ4v) is 4.19. The minimum Gasteiger partial charge on any atom is -0.495 e. The van der Waals surface area contributed by atoms with Gasteiger partial charge in [-0.15, -0.1) is 0 Å². The van der Waals surface area contributed by atoms with Gasteiger partial charge in [0.1, 0.15) is 11.6 Å². The fraction of sp³-hybridized carbons (Fsp3) is 0.300. The molecule has 0 bridgehead atoms. The number of hydrogen-bond donors (Lipinski definition) is 0. The van der Waals surface area contributed by atoms with Crippen LogP contribution in [0.1, 0.15) is 0 Å². The smallest absolute Gasteiger partial charge is 0.142 e. The molecule has 1 aliphatic rings. The molecule has 0 atom stereocenters. The summed E-state index contributed by atoms with van der Waals surface area (Å²) in [4.78, 5) is 5.81. The molecule has 0 N–H and O–H groups in total. The average molecular weight is 371 g/mol. The van der Waals surface area contributed by atoms with Crippen molar-refractivity contribution in [2.75, 3.05) is 45.2 Å². The lowest BCUT2D eigenvalue weighted by molar-refractivity contribution is 0.311. The lowest BCUT2D eigenvalue weighted by Gasteiger charge is -2.34. The van der Waals surface area contributed by atoms with Crippen LogP contribution in [0.4, 0.5) is 10.1 Å². The molecule has 4 nitrogen and oxygen atoms in total. The van der Waals surface area contributed by atoms with Gasteiger partial charge >= 0.3 is 0 Å². The van der Waals surface area contributed by atoms with Crippen LogP contribution in [0.3, 0.4) is 0 Å². The number of fused-ring (bicyclic) bond motifs is 1. The first-order valence-corrected chi connectivity index (χ1v) is 9.48. The van der Waals surface area contributed by atoms with E-state index in [1.54, 1.807) is 25.1 Å². The molecular weight excluding hydrogens is 349 g/mol. The Morgan fingerprint density at radius 3 is 2.58 bits per heavy atom. The van der Waals surface area contributed by atoms with Crippen LogP contribution in [0.15, 0.2) is 53.6 Å². The van der Waals surface area contributed by atoms with Gasteiger partial charge in [0, 0.05) is 42.7 Å². The molecule has 0 spiro atoms. The Balaban J connectivity index is 1.64. The Kier molecular flexibility index (Phi) is 4.78. The molecule has 4 rings (SSSR count). The van der Waals surface area contributed by atoms with Gasteiger partial charge in [-0.05, 0) is 61.5 Å². The molecule has 1 fully saturated rings.